The third-order valence-corrected chi connectivity index (χ3v) is 3.53. The molecule has 1 atom stereocenters. The van der Waals surface area contributed by atoms with Crippen molar-refractivity contribution >= 4 is 16.9 Å². The molecule has 0 aliphatic carbocycles. The van der Waals surface area contributed by atoms with Gasteiger partial charge in [-0.15, -0.1) is 0 Å². The third kappa shape index (κ3) is 2.03. The number of nitrogens with zero attached hydrogens (tertiary/aromatic N) is 4. The summed E-state index contributed by atoms with van der Waals surface area (Å²) < 4.78 is 2.01. The fourth-order valence-corrected chi connectivity index (χ4v) is 2.48. The number of rotatable bonds is 4. The van der Waals surface area contributed by atoms with Gasteiger partial charge in [0.05, 0.1) is 11.4 Å². The summed E-state index contributed by atoms with van der Waals surface area (Å²) in [5, 5.41) is 4.50. The Kier molecular flexibility index (Phi) is 3.14. The summed E-state index contributed by atoms with van der Waals surface area (Å²) in [6, 6.07) is 0.0766. The third-order valence-electron chi connectivity index (χ3n) is 3.53. The molecule has 3 rings (SSSR count). The molecule has 0 aromatic carbocycles. The molecule has 20 heavy (non-hydrogen) atoms. The van der Waals surface area contributed by atoms with Crippen LogP contribution in [0, 0.1) is 0 Å². The Bertz CT molecular complexity index is 726. The summed E-state index contributed by atoms with van der Waals surface area (Å²) in [4.78, 5) is 16.2. The van der Waals surface area contributed by atoms with Crippen molar-refractivity contribution in [2.24, 2.45) is 7.05 Å². The first-order valence-electron chi connectivity index (χ1n) is 6.75. The summed E-state index contributed by atoms with van der Waals surface area (Å²) in [7, 11) is 1.99. The Labute approximate surface area is 117 Å². The molecule has 3 aromatic rings. The maximum atomic E-state index is 4.39. The lowest BCUT2D eigenvalue weighted by atomic mass is 10.2. The molecule has 6 nitrogen and oxygen atoms in total. The van der Waals surface area contributed by atoms with E-state index in [1.54, 1.807) is 12.5 Å². The van der Waals surface area contributed by atoms with E-state index in [0.717, 1.165) is 29.1 Å². The van der Waals surface area contributed by atoms with E-state index in [2.05, 4.69) is 39.1 Å². The summed E-state index contributed by atoms with van der Waals surface area (Å²) in [5.41, 5.74) is 2.08. The Hall–Kier alpha value is -2.37. The minimum absolute atomic E-state index is 0.0766. The van der Waals surface area contributed by atoms with Gasteiger partial charge in [-0.1, -0.05) is 6.92 Å². The topological polar surface area (TPSA) is 71.4 Å². The molecule has 0 spiro atoms. The van der Waals surface area contributed by atoms with Crippen LogP contribution in [0.15, 0.2) is 24.9 Å². The molecule has 2 N–H and O–H groups in total. The van der Waals surface area contributed by atoms with Gasteiger partial charge in [-0.2, -0.15) is 0 Å². The molecule has 0 fully saturated rings. The molecule has 0 aliphatic rings. The normalized spacial score (nSPS) is 12.8. The van der Waals surface area contributed by atoms with Crippen LogP contribution in [0.25, 0.3) is 11.0 Å². The summed E-state index contributed by atoms with van der Waals surface area (Å²) in [6.45, 7) is 4.20. The van der Waals surface area contributed by atoms with Gasteiger partial charge in [-0.3, -0.25) is 0 Å². The molecule has 3 heterocycles. The van der Waals surface area contributed by atoms with Gasteiger partial charge in [0.15, 0.2) is 0 Å². The van der Waals surface area contributed by atoms with E-state index in [1.807, 2.05) is 24.0 Å². The van der Waals surface area contributed by atoms with Crippen LogP contribution < -0.4 is 5.32 Å². The first kappa shape index (κ1) is 12.7. The number of aryl methyl sites for hydroxylation is 2. The van der Waals surface area contributed by atoms with E-state index in [-0.39, 0.29) is 6.04 Å². The summed E-state index contributed by atoms with van der Waals surface area (Å²) in [6.07, 6.45) is 8.26. The van der Waals surface area contributed by atoms with E-state index in [9.17, 15) is 0 Å². The lowest BCUT2D eigenvalue weighted by Gasteiger charge is -2.15. The predicted octanol–water partition coefficient (Wildman–Crippen LogP) is 2.43. The Balaban J connectivity index is 1.98. The number of aromatic amines is 1. The second-order valence-electron chi connectivity index (χ2n) is 4.88. The first-order chi connectivity index (χ1) is 9.70. The molecular formula is C14H18N6. The highest BCUT2D eigenvalue weighted by atomic mass is 15.1. The first-order valence-corrected chi connectivity index (χ1v) is 6.75. The van der Waals surface area contributed by atoms with E-state index in [1.165, 1.54) is 5.56 Å². The van der Waals surface area contributed by atoms with Gasteiger partial charge in [-0.25, -0.2) is 15.0 Å². The van der Waals surface area contributed by atoms with Crippen molar-refractivity contribution in [1.29, 1.82) is 0 Å². The largest absolute Gasteiger partial charge is 0.360 e. The molecule has 0 amide bonds. The van der Waals surface area contributed by atoms with Gasteiger partial charge in [0.1, 0.15) is 23.6 Å². The quantitative estimate of drug-likeness (QED) is 0.763. The number of anilines is 1. The Morgan fingerprint density at radius 2 is 2.20 bits per heavy atom. The second kappa shape index (κ2) is 4.96. The molecule has 0 bridgehead atoms. The van der Waals surface area contributed by atoms with E-state index in [0.29, 0.717) is 0 Å². The molecule has 0 saturated heterocycles. The second-order valence-corrected chi connectivity index (χ2v) is 4.88. The Morgan fingerprint density at radius 3 is 2.90 bits per heavy atom. The number of H-pyrrole nitrogens is 1. The molecule has 3 aromatic heterocycles. The number of imidazole rings is 1. The monoisotopic (exact) mass is 270 g/mol. The van der Waals surface area contributed by atoms with E-state index < -0.39 is 0 Å². The number of nitrogens with one attached hydrogen (secondary N) is 2. The molecule has 1 unspecified atom stereocenters. The lowest BCUT2D eigenvalue weighted by molar-refractivity contribution is 0.719. The van der Waals surface area contributed by atoms with Crippen LogP contribution in [0.4, 0.5) is 5.82 Å². The van der Waals surface area contributed by atoms with Crippen molar-refractivity contribution in [3.8, 4) is 0 Å². The zero-order chi connectivity index (χ0) is 14.1. The van der Waals surface area contributed by atoms with Crippen LogP contribution in [-0.4, -0.2) is 24.5 Å². The van der Waals surface area contributed by atoms with Crippen molar-refractivity contribution < 1.29 is 0 Å². The average molecular weight is 270 g/mol. The number of aromatic nitrogens is 5. The minimum Gasteiger partial charge on any atom is -0.360 e. The van der Waals surface area contributed by atoms with Crippen LogP contribution in [0.3, 0.4) is 0 Å². The fraction of sp³-hybridized carbons (Fsp3) is 0.357. The highest BCUT2D eigenvalue weighted by molar-refractivity contribution is 5.90. The highest BCUT2D eigenvalue weighted by Crippen LogP contribution is 2.26. The van der Waals surface area contributed by atoms with Gasteiger partial charge < -0.3 is 14.9 Å². The van der Waals surface area contributed by atoms with E-state index >= 15 is 0 Å². The predicted molar refractivity (Wildman–Crippen MR) is 78.5 cm³/mol. The van der Waals surface area contributed by atoms with Gasteiger partial charge in [-0.05, 0) is 18.9 Å². The van der Waals surface area contributed by atoms with Crippen LogP contribution >= 0.6 is 0 Å². The van der Waals surface area contributed by atoms with Gasteiger partial charge in [0.25, 0.3) is 0 Å². The number of fused-ring (bicyclic) bond motifs is 1. The molecular weight excluding hydrogens is 252 g/mol. The SMILES string of the molecule is CCc1c[nH]c2ncnc(NC(C)c3nccn3C)c12. The zero-order valence-electron chi connectivity index (χ0n) is 11.9. The number of hydrogen-bond acceptors (Lipinski definition) is 4. The molecule has 104 valence electrons. The molecule has 0 aliphatic heterocycles. The van der Waals surface area contributed by atoms with Crippen molar-refractivity contribution in [3.63, 3.8) is 0 Å². The maximum Gasteiger partial charge on any atom is 0.143 e. The smallest absolute Gasteiger partial charge is 0.143 e. The highest BCUT2D eigenvalue weighted by Gasteiger charge is 2.15. The van der Waals surface area contributed by atoms with Gasteiger partial charge in [0, 0.05) is 25.6 Å². The summed E-state index contributed by atoms with van der Waals surface area (Å²) in [5.74, 6) is 1.83. The zero-order valence-corrected chi connectivity index (χ0v) is 11.9. The van der Waals surface area contributed by atoms with Gasteiger partial charge in [0.2, 0.25) is 0 Å². The number of hydrogen-bond donors (Lipinski definition) is 2. The van der Waals surface area contributed by atoms with Crippen LogP contribution in [0.2, 0.25) is 0 Å². The maximum absolute atomic E-state index is 4.39. The lowest BCUT2D eigenvalue weighted by Crippen LogP contribution is -2.13. The van der Waals surface area contributed by atoms with Crippen molar-refractivity contribution in [1.82, 2.24) is 24.5 Å². The van der Waals surface area contributed by atoms with E-state index in [4.69, 9.17) is 0 Å². The standard InChI is InChI=1S/C14H18N6/c1-4-10-7-16-12-11(10)13(18-8-17-12)19-9(2)14-15-5-6-20(14)3/h5-9H,4H2,1-3H3,(H2,16,17,18,19). The van der Waals surface area contributed by atoms with Crippen LogP contribution in [0.1, 0.15) is 31.3 Å². The van der Waals surface area contributed by atoms with Crippen LogP contribution in [0.5, 0.6) is 0 Å². The van der Waals surface area contributed by atoms with Crippen LogP contribution in [-0.2, 0) is 13.5 Å². The Morgan fingerprint density at radius 1 is 1.35 bits per heavy atom. The van der Waals surface area contributed by atoms with Crippen molar-refractivity contribution in [2.75, 3.05) is 5.32 Å². The fourth-order valence-electron chi connectivity index (χ4n) is 2.48. The van der Waals surface area contributed by atoms with Crippen molar-refractivity contribution in [3.05, 3.63) is 36.3 Å². The average Bonchev–Trinajstić information content (AvgIpc) is 3.05. The molecule has 0 radical (unpaired) electrons. The van der Waals surface area contributed by atoms with Gasteiger partial charge >= 0.3 is 0 Å². The van der Waals surface area contributed by atoms with Crippen molar-refractivity contribution in [2.45, 2.75) is 26.3 Å². The molecule has 0 saturated carbocycles. The molecule has 6 heteroatoms. The minimum atomic E-state index is 0.0766. The summed E-state index contributed by atoms with van der Waals surface area (Å²) >= 11 is 0.